The highest BCUT2D eigenvalue weighted by Gasteiger charge is 2.23. The van der Waals surface area contributed by atoms with Crippen molar-refractivity contribution in [2.75, 3.05) is 19.0 Å². The SMILES string of the molecule is COc1cc(/C=C2/NC(=O)NC2=O)c(Br)cc1OCC(=O)Nc1ccccc1. The van der Waals surface area contributed by atoms with Gasteiger partial charge in [-0.3, -0.25) is 14.9 Å². The maximum Gasteiger partial charge on any atom is 0.326 e. The van der Waals surface area contributed by atoms with E-state index in [-0.39, 0.29) is 18.2 Å². The van der Waals surface area contributed by atoms with Gasteiger partial charge in [0.25, 0.3) is 11.8 Å². The molecule has 0 aromatic heterocycles. The van der Waals surface area contributed by atoms with Crippen LogP contribution in [0.5, 0.6) is 11.5 Å². The summed E-state index contributed by atoms with van der Waals surface area (Å²) in [5.74, 6) is -0.123. The number of imide groups is 1. The van der Waals surface area contributed by atoms with Gasteiger partial charge in [-0.1, -0.05) is 34.1 Å². The largest absolute Gasteiger partial charge is 0.493 e. The lowest BCUT2D eigenvalue weighted by Crippen LogP contribution is -2.22. The second-order valence-electron chi connectivity index (χ2n) is 5.69. The smallest absolute Gasteiger partial charge is 0.326 e. The third-order valence-electron chi connectivity index (χ3n) is 3.72. The Morgan fingerprint density at radius 3 is 2.54 bits per heavy atom. The third-order valence-corrected chi connectivity index (χ3v) is 4.41. The lowest BCUT2D eigenvalue weighted by molar-refractivity contribution is -0.118. The van der Waals surface area contributed by atoms with E-state index in [4.69, 9.17) is 9.47 Å². The quantitative estimate of drug-likeness (QED) is 0.468. The van der Waals surface area contributed by atoms with Gasteiger partial charge >= 0.3 is 6.03 Å². The van der Waals surface area contributed by atoms with Crippen molar-refractivity contribution in [3.63, 3.8) is 0 Å². The molecular formula is C19H16BrN3O5. The third kappa shape index (κ3) is 4.68. The first-order valence-electron chi connectivity index (χ1n) is 8.15. The summed E-state index contributed by atoms with van der Waals surface area (Å²) in [4.78, 5) is 34.9. The number of benzene rings is 2. The number of rotatable bonds is 6. The van der Waals surface area contributed by atoms with Crippen molar-refractivity contribution in [2.24, 2.45) is 0 Å². The Morgan fingerprint density at radius 2 is 1.89 bits per heavy atom. The van der Waals surface area contributed by atoms with Gasteiger partial charge in [0.05, 0.1) is 7.11 Å². The Morgan fingerprint density at radius 1 is 1.14 bits per heavy atom. The predicted molar refractivity (Wildman–Crippen MR) is 106 cm³/mol. The van der Waals surface area contributed by atoms with Crippen LogP contribution in [0.4, 0.5) is 10.5 Å². The monoisotopic (exact) mass is 445 g/mol. The molecule has 3 N–H and O–H groups in total. The molecule has 4 amide bonds. The summed E-state index contributed by atoms with van der Waals surface area (Å²) in [5, 5.41) is 7.26. The molecule has 2 aromatic carbocycles. The first-order chi connectivity index (χ1) is 13.5. The standard InChI is InChI=1S/C19H16BrN3O5/c1-27-15-8-11(7-14-18(25)23-19(26)22-14)13(20)9-16(15)28-10-17(24)21-12-5-3-2-4-6-12/h2-9H,10H2,1H3,(H,21,24)(H2,22,23,25,26)/b14-7+. The van der Waals surface area contributed by atoms with E-state index in [0.717, 1.165) is 0 Å². The van der Waals surface area contributed by atoms with E-state index in [1.165, 1.54) is 13.2 Å². The first kappa shape index (κ1) is 19.4. The van der Waals surface area contributed by atoms with Gasteiger partial charge in [-0.2, -0.15) is 0 Å². The number of methoxy groups -OCH3 is 1. The highest BCUT2D eigenvalue weighted by molar-refractivity contribution is 9.10. The fourth-order valence-electron chi connectivity index (χ4n) is 2.43. The summed E-state index contributed by atoms with van der Waals surface area (Å²) < 4.78 is 11.5. The van der Waals surface area contributed by atoms with E-state index in [2.05, 4.69) is 31.9 Å². The number of urea groups is 1. The number of nitrogens with one attached hydrogen (secondary N) is 3. The van der Waals surface area contributed by atoms with Crippen molar-refractivity contribution in [3.05, 3.63) is 58.2 Å². The molecule has 28 heavy (non-hydrogen) atoms. The average Bonchev–Trinajstić information content (AvgIpc) is 2.99. The number of carbonyl (C=O) groups excluding carboxylic acids is 3. The minimum atomic E-state index is -0.580. The molecule has 0 radical (unpaired) electrons. The number of hydrogen-bond donors (Lipinski definition) is 3. The Kier molecular flexibility index (Phi) is 5.95. The number of para-hydroxylation sites is 1. The molecule has 2 aromatic rings. The summed E-state index contributed by atoms with van der Waals surface area (Å²) in [5.41, 5.74) is 1.37. The molecule has 0 spiro atoms. The van der Waals surface area contributed by atoms with Crippen LogP contribution in [0.2, 0.25) is 0 Å². The maximum absolute atomic E-state index is 12.1. The molecule has 0 atom stereocenters. The van der Waals surface area contributed by atoms with E-state index >= 15 is 0 Å². The molecule has 1 aliphatic heterocycles. The van der Waals surface area contributed by atoms with Gasteiger partial charge < -0.3 is 20.1 Å². The van der Waals surface area contributed by atoms with Gasteiger partial charge in [-0.25, -0.2) is 4.79 Å². The zero-order valence-electron chi connectivity index (χ0n) is 14.7. The Balaban J connectivity index is 1.73. The van der Waals surface area contributed by atoms with Crippen molar-refractivity contribution in [1.82, 2.24) is 10.6 Å². The van der Waals surface area contributed by atoms with Crippen molar-refractivity contribution in [1.29, 1.82) is 0 Å². The number of ether oxygens (including phenoxy) is 2. The molecule has 1 fully saturated rings. The molecule has 1 heterocycles. The molecule has 0 saturated carbocycles. The van der Waals surface area contributed by atoms with Crippen LogP contribution in [-0.2, 0) is 9.59 Å². The zero-order valence-corrected chi connectivity index (χ0v) is 16.3. The highest BCUT2D eigenvalue weighted by atomic mass is 79.9. The fraction of sp³-hybridized carbons (Fsp3) is 0.105. The van der Waals surface area contributed by atoms with Crippen LogP contribution in [-0.4, -0.2) is 31.6 Å². The minimum absolute atomic E-state index is 0.115. The predicted octanol–water partition coefficient (Wildman–Crippen LogP) is 2.66. The van der Waals surface area contributed by atoms with Crippen LogP contribution < -0.4 is 25.4 Å². The number of halogens is 1. The number of amides is 4. The zero-order chi connectivity index (χ0) is 20.1. The molecule has 0 aliphatic carbocycles. The van der Waals surface area contributed by atoms with Crippen LogP contribution >= 0.6 is 15.9 Å². The molecule has 8 nitrogen and oxygen atoms in total. The van der Waals surface area contributed by atoms with Crippen LogP contribution in [0, 0.1) is 0 Å². The molecule has 0 unspecified atom stereocenters. The molecule has 0 bridgehead atoms. The Bertz CT molecular complexity index is 960. The van der Waals surface area contributed by atoms with Gasteiger partial charge in [-0.05, 0) is 35.9 Å². The minimum Gasteiger partial charge on any atom is -0.493 e. The summed E-state index contributed by atoms with van der Waals surface area (Å²) in [7, 11) is 1.46. The summed E-state index contributed by atoms with van der Waals surface area (Å²) in [6, 6.07) is 11.7. The van der Waals surface area contributed by atoms with Crippen molar-refractivity contribution < 1.29 is 23.9 Å². The lowest BCUT2D eigenvalue weighted by Gasteiger charge is -2.13. The van der Waals surface area contributed by atoms with Gasteiger partial charge in [0.2, 0.25) is 0 Å². The van der Waals surface area contributed by atoms with Gasteiger partial charge in [0.15, 0.2) is 18.1 Å². The van der Waals surface area contributed by atoms with E-state index in [9.17, 15) is 14.4 Å². The van der Waals surface area contributed by atoms with Crippen LogP contribution in [0.15, 0.2) is 52.6 Å². The number of carbonyl (C=O) groups is 3. The highest BCUT2D eigenvalue weighted by Crippen LogP contribution is 2.34. The van der Waals surface area contributed by atoms with Crippen molar-refractivity contribution >= 4 is 45.5 Å². The van der Waals surface area contributed by atoms with E-state index in [0.29, 0.717) is 27.2 Å². The second-order valence-corrected chi connectivity index (χ2v) is 6.55. The van der Waals surface area contributed by atoms with Crippen molar-refractivity contribution in [3.8, 4) is 11.5 Å². The first-order valence-corrected chi connectivity index (χ1v) is 8.95. The van der Waals surface area contributed by atoms with Gasteiger partial charge in [0.1, 0.15) is 5.70 Å². The topological polar surface area (TPSA) is 106 Å². The van der Waals surface area contributed by atoms with Crippen molar-refractivity contribution in [2.45, 2.75) is 0 Å². The summed E-state index contributed by atoms with van der Waals surface area (Å²) >= 11 is 3.39. The molecule has 1 saturated heterocycles. The molecule has 144 valence electrons. The maximum atomic E-state index is 12.1. The van der Waals surface area contributed by atoms with E-state index < -0.39 is 11.9 Å². The Labute approximate surface area is 169 Å². The fourth-order valence-corrected chi connectivity index (χ4v) is 2.87. The molecule has 3 rings (SSSR count). The van der Waals surface area contributed by atoms with Crippen LogP contribution in [0.3, 0.4) is 0 Å². The van der Waals surface area contributed by atoms with Crippen LogP contribution in [0.1, 0.15) is 5.56 Å². The molecular weight excluding hydrogens is 430 g/mol. The second kappa shape index (κ2) is 8.57. The van der Waals surface area contributed by atoms with Crippen LogP contribution in [0.25, 0.3) is 6.08 Å². The average molecular weight is 446 g/mol. The normalized spacial score (nSPS) is 14.4. The number of anilines is 1. The summed E-state index contributed by atoms with van der Waals surface area (Å²) in [6.07, 6.45) is 1.50. The Hall–Kier alpha value is -3.33. The summed E-state index contributed by atoms with van der Waals surface area (Å²) in [6.45, 7) is -0.212. The molecule has 1 aliphatic rings. The van der Waals surface area contributed by atoms with Gasteiger partial charge in [-0.15, -0.1) is 0 Å². The van der Waals surface area contributed by atoms with Gasteiger partial charge in [0, 0.05) is 10.2 Å². The number of hydrogen-bond acceptors (Lipinski definition) is 5. The molecule has 9 heteroatoms. The lowest BCUT2D eigenvalue weighted by atomic mass is 10.1. The van der Waals surface area contributed by atoms with E-state index in [1.807, 2.05) is 18.2 Å². The van der Waals surface area contributed by atoms with E-state index in [1.54, 1.807) is 24.3 Å².